The smallest absolute Gasteiger partial charge is 0.261 e. The number of hydrogen-bond donors (Lipinski definition) is 1. The summed E-state index contributed by atoms with van der Waals surface area (Å²) in [6, 6.07) is 14.6. The van der Waals surface area contributed by atoms with Gasteiger partial charge in [-0.1, -0.05) is 35.5 Å². The van der Waals surface area contributed by atoms with Crippen LogP contribution in [0.5, 0.6) is 11.6 Å². The van der Waals surface area contributed by atoms with E-state index in [9.17, 15) is 0 Å². The third-order valence-electron chi connectivity index (χ3n) is 6.00. The summed E-state index contributed by atoms with van der Waals surface area (Å²) < 4.78 is 26.3. The molecule has 9 heteroatoms. The molecule has 0 aliphatic carbocycles. The van der Waals surface area contributed by atoms with Crippen molar-refractivity contribution in [3.63, 3.8) is 0 Å². The lowest BCUT2D eigenvalue weighted by Gasteiger charge is -2.16. The lowest BCUT2D eigenvalue weighted by molar-refractivity contribution is 0.134. The number of rotatable bonds is 12. The molecule has 0 atom stereocenters. The average Bonchev–Trinajstić information content (AvgIpc) is 3.23. The molecule has 0 fully saturated rings. The summed E-state index contributed by atoms with van der Waals surface area (Å²) in [5.41, 5.74) is 6.05. The Morgan fingerprint density at radius 2 is 1.71 bits per heavy atom. The molecular weight excluding hydrogens is 500 g/mol. The fourth-order valence-corrected chi connectivity index (χ4v) is 4.79. The third kappa shape index (κ3) is 6.46. The van der Waals surface area contributed by atoms with E-state index in [1.165, 1.54) is 11.9 Å². The van der Waals surface area contributed by atoms with Gasteiger partial charge in [-0.2, -0.15) is 4.98 Å². The quantitative estimate of drug-likeness (QED) is 0.193. The van der Waals surface area contributed by atoms with Gasteiger partial charge in [0.15, 0.2) is 5.82 Å². The summed E-state index contributed by atoms with van der Waals surface area (Å²) in [5.74, 6) is 3.22. The molecule has 2 aromatic carbocycles. The number of hydrogen-bond acceptors (Lipinski definition) is 9. The molecule has 0 spiro atoms. The van der Waals surface area contributed by atoms with Crippen molar-refractivity contribution in [1.82, 2.24) is 15.1 Å². The van der Waals surface area contributed by atoms with Crippen molar-refractivity contribution in [1.29, 1.82) is 0 Å². The molecule has 2 heterocycles. The Labute approximate surface area is 228 Å². The van der Waals surface area contributed by atoms with Crippen LogP contribution in [0.25, 0.3) is 11.1 Å². The highest BCUT2D eigenvalue weighted by molar-refractivity contribution is 8.00. The molecule has 0 saturated heterocycles. The van der Waals surface area contributed by atoms with Crippen molar-refractivity contribution >= 4 is 17.8 Å². The number of aryl methyl sites for hydroxylation is 3. The summed E-state index contributed by atoms with van der Waals surface area (Å²) in [7, 11) is 0. The van der Waals surface area contributed by atoms with Gasteiger partial charge in [-0.05, 0) is 87.9 Å². The van der Waals surface area contributed by atoms with Crippen molar-refractivity contribution in [3.8, 4) is 22.8 Å². The van der Waals surface area contributed by atoms with E-state index in [4.69, 9.17) is 18.7 Å². The molecule has 4 aromatic rings. The molecule has 1 N–H and O–H groups in total. The van der Waals surface area contributed by atoms with E-state index in [1.54, 1.807) is 0 Å². The largest absolute Gasteiger partial charge is 0.487 e. The van der Waals surface area contributed by atoms with Crippen LogP contribution < -0.4 is 14.2 Å². The lowest BCUT2D eigenvalue weighted by atomic mass is 9.98. The van der Waals surface area contributed by atoms with Crippen LogP contribution in [-0.2, 0) is 18.0 Å². The van der Waals surface area contributed by atoms with Crippen molar-refractivity contribution in [2.24, 2.45) is 0 Å². The third-order valence-corrected chi connectivity index (χ3v) is 6.87. The second-order valence-electron chi connectivity index (χ2n) is 8.75. The Bertz CT molecular complexity index is 1390. The van der Waals surface area contributed by atoms with Gasteiger partial charge in [-0.3, -0.25) is 0 Å². The first-order chi connectivity index (χ1) is 18.4. The zero-order valence-corrected chi connectivity index (χ0v) is 23.6. The minimum absolute atomic E-state index is 0.345. The molecule has 0 bridgehead atoms. The normalized spacial score (nSPS) is 11.0. The van der Waals surface area contributed by atoms with Crippen LogP contribution in [-0.4, -0.2) is 28.3 Å². The van der Waals surface area contributed by atoms with E-state index < -0.39 is 0 Å². The second-order valence-corrected chi connectivity index (χ2v) is 9.60. The fourth-order valence-electron chi connectivity index (χ4n) is 3.96. The molecular formula is C29H34N4O4S. The van der Waals surface area contributed by atoms with Gasteiger partial charge >= 0.3 is 0 Å². The summed E-state index contributed by atoms with van der Waals surface area (Å²) in [6.45, 7) is 13.5. The monoisotopic (exact) mass is 534 g/mol. The Morgan fingerprint density at radius 3 is 2.45 bits per heavy atom. The predicted octanol–water partition coefficient (Wildman–Crippen LogP) is 7.00. The van der Waals surface area contributed by atoms with E-state index in [0.29, 0.717) is 43.9 Å². The van der Waals surface area contributed by atoms with Crippen molar-refractivity contribution < 1.29 is 18.7 Å². The van der Waals surface area contributed by atoms with E-state index in [-0.39, 0.29) is 0 Å². The van der Waals surface area contributed by atoms with Gasteiger partial charge in [0.1, 0.15) is 18.2 Å². The maximum absolute atomic E-state index is 6.12. The van der Waals surface area contributed by atoms with Crippen molar-refractivity contribution in [2.45, 2.75) is 59.7 Å². The summed E-state index contributed by atoms with van der Waals surface area (Å²) >= 11 is 1.51. The van der Waals surface area contributed by atoms with Gasteiger partial charge < -0.3 is 23.5 Å². The van der Waals surface area contributed by atoms with Crippen LogP contribution in [0.15, 0.2) is 51.9 Å². The van der Waals surface area contributed by atoms with Gasteiger partial charge in [0, 0.05) is 17.1 Å². The highest BCUT2D eigenvalue weighted by atomic mass is 32.2. The molecule has 0 aliphatic heterocycles. The van der Waals surface area contributed by atoms with Gasteiger partial charge in [0.2, 0.25) is 5.75 Å². The fraction of sp³-hybridized carbons (Fsp3) is 0.345. The first kappa shape index (κ1) is 27.5. The number of nitrogens with zero attached hydrogens (tertiary/aromatic N) is 3. The van der Waals surface area contributed by atoms with E-state index >= 15 is 0 Å². The van der Waals surface area contributed by atoms with Crippen LogP contribution in [0.1, 0.15) is 47.8 Å². The van der Waals surface area contributed by atoms with E-state index in [0.717, 1.165) is 50.0 Å². The van der Waals surface area contributed by atoms with Crippen molar-refractivity contribution in [2.75, 3.05) is 17.9 Å². The standard InChI is InChI=1S/C29H34N4O4S/c1-7-34-17-23-15-22(16-36-29-27(35-8-2)19(4)30-21(6)31-29)13-14-24(23)25-11-9-10-12-26(25)38-33-28-18(3)20(5)37-32-28/h9-15H,7-8,16-17H2,1-6H3,(H,32,33). The van der Waals surface area contributed by atoms with Crippen LogP contribution in [0.2, 0.25) is 0 Å². The number of anilines is 1. The van der Waals surface area contributed by atoms with Gasteiger partial charge in [0.05, 0.1) is 18.9 Å². The summed E-state index contributed by atoms with van der Waals surface area (Å²) in [6.07, 6.45) is 0. The van der Waals surface area contributed by atoms with Crippen molar-refractivity contribution in [3.05, 3.63) is 76.4 Å². The minimum Gasteiger partial charge on any atom is -0.487 e. The van der Waals surface area contributed by atoms with Crippen LogP contribution in [0.4, 0.5) is 5.82 Å². The Morgan fingerprint density at radius 1 is 0.895 bits per heavy atom. The maximum atomic E-state index is 6.12. The first-order valence-electron chi connectivity index (χ1n) is 12.7. The molecule has 200 valence electrons. The minimum atomic E-state index is 0.345. The topological polar surface area (TPSA) is 91.5 Å². The number of nitrogens with one attached hydrogen (secondary N) is 1. The predicted molar refractivity (Wildman–Crippen MR) is 150 cm³/mol. The van der Waals surface area contributed by atoms with Gasteiger partial charge in [-0.15, -0.1) is 0 Å². The summed E-state index contributed by atoms with van der Waals surface area (Å²) in [4.78, 5) is 9.94. The highest BCUT2D eigenvalue weighted by Crippen LogP contribution is 2.36. The molecule has 0 unspecified atom stereocenters. The van der Waals surface area contributed by atoms with Gasteiger partial charge in [-0.25, -0.2) is 4.98 Å². The second kappa shape index (κ2) is 12.8. The highest BCUT2D eigenvalue weighted by Gasteiger charge is 2.16. The molecule has 0 aliphatic rings. The van der Waals surface area contributed by atoms with Crippen LogP contribution in [0.3, 0.4) is 0 Å². The number of benzene rings is 2. The Hall–Kier alpha value is -3.56. The molecule has 2 aromatic heterocycles. The molecule has 4 rings (SSSR count). The zero-order chi connectivity index (χ0) is 27.1. The molecule has 38 heavy (non-hydrogen) atoms. The van der Waals surface area contributed by atoms with Gasteiger partial charge in [0.25, 0.3) is 5.88 Å². The van der Waals surface area contributed by atoms with Crippen LogP contribution >= 0.6 is 11.9 Å². The molecule has 0 amide bonds. The number of aromatic nitrogens is 3. The lowest BCUT2D eigenvalue weighted by Crippen LogP contribution is -2.06. The first-order valence-corrected chi connectivity index (χ1v) is 13.5. The SMILES string of the molecule is CCOCc1cc(COc2nc(C)nc(C)c2OCC)ccc1-c1ccccc1SNc1noc(C)c1C. The Balaban J connectivity index is 1.60. The zero-order valence-electron chi connectivity index (χ0n) is 22.8. The maximum Gasteiger partial charge on any atom is 0.261 e. The Kier molecular flexibility index (Phi) is 9.25. The molecule has 0 saturated carbocycles. The van der Waals surface area contributed by atoms with E-state index in [1.807, 2.05) is 53.7 Å². The van der Waals surface area contributed by atoms with E-state index in [2.05, 4.69) is 50.2 Å². The molecule has 8 nitrogen and oxygen atoms in total. The summed E-state index contributed by atoms with van der Waals surface area (Å²) in [5, 5.41) is 4.12. The average molecular weight is 535 g/mol. The number of ether oxygens (including phenoxy) is 3. The molecule has 0 radical (unpaired) electrons. The van der Waals surface area contributed by atoms with Crippen LogP contribution in [0, 0.1) is 27.7 Å².